The van der Waals surface area contributed by atoms with E-state index in [0.29, 0.717) is 11.3 Å². The van der Waals surface area contributed by atoms with E-state index in [1.165, 1.54) is 10.0 Å². The van der Waals surface area contributed by atoms with Crippen LogP contribution in [0.15, 0.2) is 60.8 Å². The number of benzene rings is 2. The lowest BCUT2D eigenvalue weighted by Crippen LogP contribution is -1.99. The van der Waals surface area contributed by atoms with Crippen LogP contribution in [0.4, 0.5) is 8.78 Å². The Morgan fingerprint density at radius 3 is 2.69 bits per heavy atom. The molecule has 3 aromatic heterocycles. The highest BCUT2D eigenvalue weighted by atomic mass is 19.1. The highest BCUT2D eigenvalue weighted by molar-refractivity contribution is 5.85. The zero-order valence-electron chi connectivity index (χ0n) is 15.7. The van der Waals surface area contributed by atoms with Gasteiger partial charge >= 0.3 is 0 Å². The standard InChI is InChI=1S/C22H17F2N5/c1-2-10-28-11-9-15-12-14(3-7-20(15)28)19-6-8-21-25-26-22(29(21)27-19)17-13-16(23)4-5-18(17)24/h3-9,11-13H,2,10H2,1H3. The van der Waals surface area contributed by atoms with Crippen LogP contribution in [0.5, 0.6) is 0 Å². The third-order valence-corrected chi connectivity index (χ3v) is 4.96. The van der Waals surface area contributed by atoms with Crippen LogP contribution in [-0.2, 0) is 6.54 Å². The van der Waals surface area contributed by atoms with Crippen LogP contribution >= 0.6 is 0 Å². The first-order chi connectivity index (χ1) is 14.1. The Balaban J connectivity index is 1.63. The first-order valence-corrected chi connectivity index (χ1v) is 9.41. The summed E-state index contributed by atoms with van der Waals surface area (Å²) in [5.74, 6) is -0.961. The minimum atomic E-state index is -0.577. The number of halogens is 2. The predicted molar refractivity (Wildman–Crippen MR) is 107 cm³/mol. The quantitative estimate of drug-likeness (QED) is 0.430. The molecule has 0 fully saturated rings. The monoisotopic (exact) mass is 389 g/mol. The van der Waals surface area contributed by atoms with Crippen molar-refractivity contribution in [3.63, 3.8) is 0 Å². The molecule has 5 nitrogen and oxygen atoms in total. The largest absolute Gasteiger partial charge is 0.347 e. The van der Waals surface area contributed by atoms with Crippen LogP contribution in [0.1, 0.15) is 13.3 Å². The Labute approximate surface area is 165 Å². The number of hydrogen-bond acceptors (Lipinski definition) is 3. The van der Waals surface area contributed by atoms with Crippen molar-refractivity contribution in [2.45, 2.75) is 19.9 Å². The molecule has 5 rings (SSSR count). The average molecular weight is 389 g/mol. The van der Waals surface area contributed by atoms with E-state index >= 15 is 0 Å². The molecule has 5 aromatic rings. The van der Waals surface area contributed by atoms with Gasteiger partial charge in [0.15, 0.2) is 11.5 Å². The molecule has 0 unspecified atom stereocenters. The van der Waals surface area contributed by atoms with Crippen molar-refractivity contribution < 1.29 is 8.78 Å². The van der Waals surface area contributed by atoms with Gasteiger partial charge in [0.25, 0.3) is 0 Å². The Morgan fingerprint density at radius 2 is 1.83 bits per heavy atom. The van der Waals surface area contributed by atoms with Gasteiger partial charge in [0, 0.05) is 29.2 Å². The molecule has 0 spiro atoms. The topological polar surface area (TPSA) is 48.0 Å². The van der Waals surface area contributed by atoms with Crippen molar-refractivity contribution in [1.82, 2.24) is 24.4 Å². The van der Waals surface area contributed by atoms with Gasteiger partial charge in [0.2, 0.25) is 0 Å². The Kier molecular flexibility index (Phi) is 4.08. The van der Waals surface area contributed by atoms with Crippen LogP contribution in [0.25, 0.3) is 39.2 Å². The normalized spacial score (nSPS) is 11.6. The minimum Gasteiger partial charge on any atom is -0.347 e. The van der Waals surface area contributed by atoms with Gasteiger partial charge in [-0.2, -0.15) is 9.61 Å². The number of hydrogen-bond donors (Lipinski definition) is 0. The predicted octanol–water partition coefficient (Wildman–Crippen LogP) is 5.10. The second-order valence-electron chi connectivity index (χ2n) is 6.92. The minimum absolute atomic E-state index is 0.0224. The molecule has 0 radical (unpaired) electrons. The summed E-state index contributed by atoms with van der Waals surface area (Å²) < 4.78 is 31.6. The first-order valence-electron chi connectivity index (χ1n) is 9.41. The fraction of sp³-hybridized carbons (Fsp3) is 0.136. The number of aryl methyl sites for hydroxylation is 1. The Hall–Kier alpha value is -3.61. The van der Waals surface area contributed by atoms with E-state index < -0.39 is 11.6 Å². The van der Waals surface area contributed by atoms with Crippen molar-refractivity contribution in [3.05, 3.63) is 72.4 Å². The van der Waals surface area contributed by atoms with Gasteiger partial charge in [-0.1, -0.05) is 13.0 Å². The molecule has 0 bridgehead atoms. The summed E-state index contributed by atoms with van der Waals surface area (Å²) in [4.78, 5) is 0. The Bertz CT molecular complexity index is 1350. The van der Waals surface area contributed by atoms with Gasteiger partial charge < -0.3 is 4.57 Å². The fourth-order valence-corrected chi connectivity index (χ4v) is 3.58. The molecule has 7 heteroatoms. The smallest absolute Gasteiger partial charge is 0.188 e. The maximum atomic E-state index is 14.2. The lowest BCUT2D eigenvalue weighted by Gasteiger charge is -2.06. The van der Waals surface area contributed by atoms with Gasteiger partial charge in [-0.05, 0) is 55.0 Å². The van der Waals surface area contributed by atoms with Crippen LogP contribution in [0, 0.1) is 11.6 Å². The average Bonchev–Trinajstić information content (AvgIpc) is 3.33. The highest BCUT2D eigenvalue weighted by Crippen LogP contribution is 2.26. The number of rotatable bonds is 4. The second-order valence-corrected chi connectivity index (χ2v) is 6.92. The summed E-state index contributed by atoms with van der Waals surface area (Å²) >= 11 is 0. The molecule has 0 saturated carbocycles. The third kappa shape index (κ3) is 2.95. The number of nitrogens with zero attached hydrogens (tertiary/aromatic N) is 5. The van der Waals surface area contributed by atoms with Gasteiger partial charge in [-0.3, -0.25) is 0 Å². The SMILES string of the molecule is CCCn1ccc2cc(-c3ccc4nnc(-c5cc(F)ccc5F)n4n3)ccc21. The molecule has 144 valence electrons. The van der Waals surface area contributed by atoms with Crippen molar-refractivity contribution >= 4 is 16.6 Å². The second kappa shape index (κ2) is 6.77. The van der Waals surface area contributed by atoms with E-state index in [1.54, 1.807) is 6.07 Å². The molecule has 0 aliphatic heterocycles. The molecule has 3 heterocycles. The van der Waals surface area contributed by atoms with E-state index in [4.69, 9.17) is 0 Å². The van der Waals surface area contributed by atoms with Gasteiger partial charge in [-0.25, -0.2) is 8.78 Å². The van der Waals surface area contributed by atoms with E-state index in [2.05, 4.69) is 51.2 Å². The van der Waals surface area contributed by atoms with Gasteiger partial charge in [0.05, 0.1) is 11.3 Å². The van der Waals surface area contributed by atoms with Crippen LogP contribution in [0.2, 0.25) is 0 Å². The molecule has 29 heavy (non-hydrogen) atoms. The van der Waals surface area contributed by atoms with E-state index in [-0.39, 0.29) is 11.4 Å². The van der Waals surface area contributed by atoms with E-state index in [1.807, 2.05) is 12.1 Å². The molecule has 0 atom stereocenters. The summed E-state index contributed by atoms with van der Waals surface area (Å²) in [6, 6.07) is 15.1. The zero-order chi connectivity index (χ0) is 20.0. The first kappa shape index (κ1) is 17.5. The number of fused-ring (bicyclic) bond motifs is 2. The summed E-state index contributed by atoms with van der Waals surface area (Å²) in [5, 5.41) is 13.8. The van der Waals surface area contributed by atoms with Gasteiger partial charge in [-0.15, -0.1) is 10.2 Å². The third-order valence-electron chi connectivity index (χ3n) is 4.96. The van der Waals surface area contributed by atoms with Crippen LogP contribution in [0.3, 0.4) is 0 Å². The summed E-state index contributed by atoms with van der Waals surface area (Å²) in [6.07, 6.45) is 3.15. The fourth-order valence-electron chi connectivity index (χ4n) is 3.58. The lowest BCUT2D eigenvalue weighted by atomic mass is 10.1. The van der Waals surface area contributed by atoms with Crippen molar-refractivity contribution in [2.75, 3.05) is 0 Å². The van der Waals surface area contributed by atoms with E-state index in [9.17, 15) is 8.78 Å². The molecule has 0 saturated heterocycles. The maximum absolute atomic E-state index is 14.2. The number of aromatic nitrogens is 5. The van der Waals surface area contributed by atoms with E-state index in [0.717, 1.165) is 42.1 Å². The van der Waals surface area contributed by atoms with Crippen molar-refractivity contribution in [3.8, 4) is 22.6 Å². The zero-order valence-corrected chi connectivity index (χ0v) is 15.7. The van der Waals surface area contributed by atoms with Crippen molar-refractivity contribution in [2.24, 2.45) is 0 Å². The summed E-state index contributed by atoms with van der Waals surface area (Å²) in [5.41, 5.74) is 3.27. The molecular formula is C22H17F2N5. The molecular weight excluding hydrogens is 372 g/mol. The van der Waals surface area contributed by atoms with Crippen LogP contribution in [-0.4, -0.2) is 24.4 Å². The molecule has 2 aromatic carbocycles. The summed E-state index contributed by atoms with van der Waals surface area (Å²) in [7, 11) is 0. The molecule has 0 amide bonds. The van der Waals surface area contributed by atoms with Crippen LogP contribution < -0.4 is 0 Å². The van der Waals surface area contributed by atoms with Gasteiger partial charge in [0.1, 0.15) is 11.6 Å². The highest BCUT2D eigenvalue weighted by Gasteiger charge is 2.15. The molecule has 0 aliphatic carbocycles. The maximum Gasteiger partial charge on any atom is 0.188 e. The Morgan fingerprint density at radius 1 is 0.931 bits per heavy atom. The van der Waals surface area contributed by atoms with Crippen molar-refractivity contribution in [1.29, 1.82) is 0 Å². The molecule has 0 aliphatic rings. The molecule has 0 N–H and O–H groups in total. The summed E-state index contributed by atoms with van der Waals surface area (Å²) in [6.45, 7) is 3.12. The lowest BCUT2D eigenvalue weighted by molar-refractivity contribution is 0.601.